The number of pyridine rings is 2. The highest BCUT2D eigenvalue weighted by molar-refractivity contribution is 6.10. The molecule has 0 unspecified atom stereocenters. The van der Waals surface area contributed by atoms with E-state index in [1.807, 2.05) is 35.8 Å². The van der Waals surface area contributed by atoms with E-state index >= 15 is 0 Å². The number of fused-ring (bicyclic) bond motifs is 3. The maximum absolute atomic E-state index is 14.2. The molecule has 0 spiro atoms. The monoisotopic (exact) mass is 477 g/mol. The topological polar surface area (TPSA) is 39.9 Å². The van der Waals surface area contributed by atoms with Gasteiger partial charge in [-0.05, 0) is 73.0 Å². The Morgan fingerprint density at radius 1 is 0.639 bits per heavy atom. The van der Waals surface area contributed by atoms with Gasteiger partial charge >= 0.3 is 0 Å². The fourth-order valence-electron chi connectivity index (χ4n) is 4.61. The number of aryl methyl sites for hydroxylation is 2. The van der Waals surface area contributed by atoms with Gasteiger partial charge in [0.25, 0.3) is 0 Å². The Bertz CT molecular complexity index is 1770. The molecule has 0 N–H and O–H groups in total. The Morgan fingerprint density at radius 2 is 1.44 bits per heavy atom. The molecule has 176 valence electrons. The summed E-state index contributed by atoms with van der Waals surface area (Å²) in [6, 6.07) is 23.6. The van der Waals surface area contributed by atoms with E-state index in [0.29, 0.717) is 11.6 Å². The van der Waals surface area contributed by atoms with Crippen molar-refractivity contribution in [3.8, 4) is 28.6 Å². The first-order valence-corrected chi connectivity index (χ1v) is 11.5. The van der Waals surface area contributed by atoms with Crippen molar-refractivity contribution in [3.63, 3.8) is 0 Å². The van der Waals surface area contributed by atoms with E-state index in [-0.39, 0.29) is 11.7 Å². The smallest absolute Gasteiger partial charge is 0.222 e. The Hall–Kier alpha value is -4.58. The molecule has 0 aliphatic rings. The fraction of sp³-hybridized carbons (Fsp3) is 0.0667. The molecule has 0 amide bonds. The van der Waals surface area contributed by atoms with Crippen molar-refractivity contribution in [2.45, 2.75) is 13.8 Å². The van der Waals surface area contributed by atoms with E-state index in [9.17, 15) is 8.78 Å². The first-order chi connectivity index (χ1) is 17.4. The van der Waals surface area contributed by atoms with Crippen molar-refractivity contribution in [1.29, 1.82) is 0 Å². The quantitative estimate of drug-likeness (QED) is 0.259. The normalized spacial score (nSPS) is 11.3. The highest BCUT2D eigenvalue weighted by Crippen LogP contribution is 2.36. The van der Waals surface area contributed by atoms with Crippen LogP contribution in [-0.4, -0.2) is 14.5 Å². The van der Waals surface area contributed by atoms with Crippen LogP contribution in [-0.2, 0) is 0 Å². The summed E-state index contributed by atoms with van der Waals surface area (Å²) in [6.07, 6.45) is 2.85. The van der Waals surface area contributed by atoms with Crippen molar-refractivity contribution in [3.05, 3.63) is 114 Å². The lowest BCUT2D eigenvalue weighted by Crippen LogP contribution is -1.98. The predicted molar refractivity (Wildman–Crippen MR) is 138 cm³/mol. The number of hydrogen-bond donors (Lipinski definition) is 0. The van der Waals surface area contributed by atoms with E-state index < -0.39 is 5.82 Å². The van der Waals surface area contributed by atoms with Gasteiger partial charge in [0.15, 0.2) is 0 Å². The molecule has 3 aromatic heterocycles. The lowest BCUT2D eigenvalue weighted by molar-refractivity contribution is 0.456. The zero-order valence-corrected chi connectivity index (χ0v) is 19.7. The van der Waals surface area contributed by atoms with Gasteiger partial charge in [-0.15, -0.1) is 0 Å². The number of ether oxygens (including phenoxy) is 1. The number of benzene rings is 3. The molecule has 0 saturated heterocycles. The van der Waals surface area contributed by atoms with Crippen molar-refractivity contribution >= 4 is 21.8 Å². The van der Waals surface area contributed by atoms with Gasteiger partial charge in [0, 0.05) is 35.3 Å². The first kappa shape index (κ1) is 21.9. The van der Waals surface area contributed by atoms with E-state index in [1.165, 1.54) is 36.7 Å². The van der Waals surface area contributed by atoms with Crippen LogP contribution in [0.5, 0.6) is 11.6 Å². The molecule has 3 heterocycles. The van der Waals surface area contributed by atoms with Crippen LogP contribution in [0, 0.1) is 25.5 Å². The molecule has 6 aromatic rings. The zero-order valence-electron chi connectivity index (χ0n) is 19.7. The van der Waals surface area contributed by atoms with Crippen LogP contribution < -0.4 is 4.74 Å². The number of rotatable bonds is 4. The van der Waals surface area contributed by atoms with Crippen molar-refractivity contribution in [2.75, 3.05) is 0 Å². The molecule has 6 heteroatoms. The van der Waals surface area contributed by atoms with Crippen LogP contribution >= 0.6 is 0 Å². The van der Waals surface area contributed by atoms with Crippen LogP contribution in [0.15, 0.2) is 91.3 Å². The second-order valence-corrected chi connectivity index (χ2v) is 8.87. The van der Waals surface area contributed by atoms with Crippen molar-refractivity contribution < 1.29 is 13.5 Å². The summed E-state index contributed by atoms with van der Waals surface area (Å²) in [5, 5.41) is 2.13. The largest absolute Gasteiger partial charge is 0.439 e. The second kappa shape index (κ2) is 8.57. The number of hydrogen-bond acceptors (Lipinski definition) is 3. The Kier molecular flexibility index (Phi) is 5.22. The van der Waals surface area contributed by atoms with E-state index in [4.69, 9.17) is 4.74 Å². The maximum Gasteiger partial charge on any atom is 0.222 e. The summed E-state index contributed by atoms with van der Waals surface area (Å²) >= 11 is 0. The molecule has 3 aromatic carbocycles. The molecule has 0 aliphatic carbocycles. The minimum absolute atomic E-state index is 0.190. The molecule has 0 saturated carbocycles. The third-order valence-electron chi connectivity index (χ3n) is 6.16. The number of aromatic nitrogens is 3. The molecule has 36 heavy (non-hydrogen) atoms. The van der Waals surface area contributed by atoms with E-state index in [1.54, 1.807) is 0 Å². The third-order valence-corrected chi connectivity index (χ3v) is 6.16. The molecule has 0 bridgehead atoms. The van der Waals surface area contributed by atoms with Gasteiger partial charge in [-0.25, -0.2) is 18.7 Å². The third kappa shape index (κ3) is 3.96. The number of halogens is 2. The van der Waals surface area contributed by atoms with Crippen LogP contribution in [0.25, 0.3) is 38.8 Å². The number of nitrogens with zero attached hydrogens (tertiary/aromatic N) is 3. The lowest BCUT2D eigenvalue weighted by Gasteiger charge is -2.11. The van der Waals surface area contributed by atoms with Gasteiger partial charge in [-0.2, -0.15) is 0 Å². The van der Waals surface area contributed by atoms with Gasteiger partial charge in [-0.1, -0.05) is 29.8 Å². The highest BCUT2D eigenvalue weighted by atomic mass is 19.1. The molecule has 0 radical (unpaired) electrons. The molecule has 0 aliphatic heterocycles. The van der Waals surface area contributed by atoms with E-state index in [2.05, 4.69) is 47.2 Å². The summed E-state index contributed by atoms with van der Waals surface area (Å²) in [5.74, 6) is 0.513. The summed E-state index contributed by atoms with van der Waals surface area (Å²) in [6.45, 7) is 4.03. The lowest BCUT2D eigenvalue weighted by atomic mass is 10.0. The molecular weight excluding hydrogens is 456 g/mol. The first-order valence-electron chi connectivity index (χ1n) is 11.5. The molecule has 6 rings (SSSR count). The molecule has 4 nitrogen and oxygen atoms in total. The molecular formula is C30H21F2N3O. The van der Waals surface area contributed by atoms with Gasteiger partial charge in [0.2, 0.25) is 5.88 Å². The maximum atomic E-state index is 14.2. The predicted octanol–water partition coefficient (Wildman–Crippen LogP) is 7.93. The molecule has 0 fully saturated rings. The Balaban J connectivity index is 1.53. The van der Waals surface area contributed by atoms with Gasteiger partial charge in [-0.3, -0.25) is 4.57 Å². The van der Waals surface area contributed by atoms with Crippen molar-refractivity contribution in [1.82, 2.24) is 14.5 Å². The highest BCUT2D eigenvalue weighted by Gasteiger charge is 2.15. The Labute approximate surface area is 206 Å². The average molecular weight is 478 g/mol. The van der Waals surface area contributed by atoms with Gasteiger partial charge in [0.05, 0.1) is 11.0 Å². The van der Waals surface area contributed by atoms with Crippen LogP contribution in [0.4, 0.5) is 8.78 Å². The summed E-state index contributed by atoms with van der Waals surface area (Å²) in [4.78, 5) is 8.54. The SMILES string of the molecule is Cc1cc(Oc2cc(F)ccn2)cc(-c2ccc3c4cc(C)ccc4n(-c4cc(F)ccn4)c3c2)c1. The summed E-state index contributed by atoms with van der Waals surface area (Å²) in [5.41, 5.74) is 5.90. The zero-order chi connectivity index (χ0) is 24.8. The minimum atomic E-state index is -0.410. The van der Waals surface area contributed by atoms with Crippen molar-refractivity contribution in [2.24, 2.45) is 0 Å². The summed E-state index contributed by atoms with van der Waals surface area (Å²) < 4.78 is 35.6. The second-order valence-electron chi connectivity index (χ2n) is 8.87. The minimum Gasteiger partial charge on any atom is -0.439 e. The van der Waals surface area contributed by atoms with Crippen LogP contribution in [0.2, 0.25) is 0 Å². The average Bonchev–Trinajstić information content (AvgIpc) is 3.16. The van der Waals surface area contributed by atoms with Crippen LogP contribution in [0.1, 0.15) is 11.1 Å². The Morgan fingerprint density at radius 3 is 2.25 bits per heavy atom. The van der Waals surface area contributed by atoms with Gasteiger partial charge in [0.1, 0.15) is 23.2 Å². The van der Waals surface area contributed by atoms with Crippen LogP contribution in [0.3, 0.4) is 0 Å². The fourth-order valence-corrected chi connectivity index (χ4v) is 4.61. The standard InChI is InChI=1S/C30H21F2N3O/c1-18-3-6-27-26(13-18)25-5-4-20(15-28(25)35(27)29-16-22(31)7-9-33-29)21-11-19(2)12-24(14-21)36-30-17-23(32)8-10-34-30/h3-17H,1-2H3. The van der Waals surface area contributed by atoms with E-state index in [0.717, 1.165) is 44.1 Å². The summed E-state index contributed by atoms with van der Waals surface area (Å²) in [7, 11) is 0. The van der Waals surface area contributed by atoms with Gasteiger partial charge < -0.3 is 4.74 Å². The molecule has 0 atom stereocenters.